The zero-order valence-electron chi connectivity index (χ0n) is 12.9. The lowest BCUT2D eigenvalue weighted by Crippen LogP contribution is -2.44. The van der Waals surface area contributed by atoms with Gasteiger partial charge in [0.1, 0.15) is 0 Å². The number of rotatable bonds is 3. The van der Waals surface area contributed by atoms with E-state index < -0.39 is 11.8 Å². The first-order valence-electron chi connectivity index (χ1n) is 7.63. The van der Waals surface area contributed by atoms with E-state index in [-0.39, 0.29) is 6.04 Å². The van der Waals surface area contributed by atoms with Crippen molar-refractivity contribution in [2.24, 2.45) is 0 Å². The lowest BCUT2D eigenvalue weighted by molar-refractivity contribution is -0.143. The lowest BCUT2D eigenvalue weighted by Gasteiger charge is -2.23. The van der Waals surface area contributed by atoms with E-state index >= 15 is 0 Å². The molecule has 3 rings (SSSR count). The minimum atomic E-state index is -0.676. The van der Waals surface area contributed by atoms with E-state index in [1.807, 2.05) is 6.07 Å². The van der Waals surface area contributed by atoms with Crippen LogP contribution in [0.2, 0.25) is 0 Å². The molecule has 1 aliphatic heterocycles. The lowest BCUT2D eigenvalue weighted by atomic mass is 10.2. The summed E-state index contributed by atoms with van der Waals surface area (Å²) in [6.07, 6.45) is 5.00. The van der Waals surface area contributed by atoms with E-state index in [1.54, 1.807) is 46.2 Å². The van der Waals surface area contributed by atoms with E-state index in [4.69, 9.17) is 5.26 Å². The minimum Gasteiger partial charge on any atom is -0.330 e. The smallest absolute Gasteiger partial charge is 0.313 e. The van der Waals surface area contributed by atoms with Crippen molar-refractivity contribution in [1.29, 1.82) is 5.26 Å². The monoisotopic (exact) mass is 324 g/mol. The van der Waals surface area contributed by atoms with Crippen LogP contribution >= 0.6 is 0 Å². The summed E-state index contributed by atoms with van der Waals surface area (Å²) in [6, 6.07) is 8.31. The minimum absolute atomic E-state index is 0.0640. The predicted molar refractivity (Wildman–Crippen MR) is 84.5 cm³/mol. The molecule has 2 aromatic rings. The van der Waals surface area contributed by atoms with Gasteiger partial charge in [0, 0.05) is 18.4 Å². The average molecular weight is 324 g/mol. The molecule has 1 saturated heterocycles. The first kappa shape index (κ1) is 15.7. The summed E-state index contributed by atoms with van der Waals surface area (Å²) >= 11 is 0. The number of nitrogens with one attached hydrogen (secondary N) is 1. The SMILES string of the molecule is N#Cc1ccc(NC(=O)C(=O)N2CCC[C@H]2Cn2ccnn2)cc1. The summed E-state index contributed by atoms with van der Waals surface area (Å²) in [6.45, 7) is 1.08. The maximum atomic E-state index is 12.4. The first-order chi connectivity index (χ1) is 11.7. The van der Waals surface area contributed by atoms with E-state index in [9.17, 15) is 9.59 Å². The molecule has 1 N–H and O–H groups in total. The average Bonchev–Trinajstić information content (AvgIpc) is 3.27. The summed E-state index contributed by atoms with van der Waals surface area (Å²) in [5, 5.41) is 19.0. The van der Waals surface area contributed by atoms with Crippen molar-refractivity contribution in [3.8, 4) is 6.07 Å². The van der Waals surface area contributed by atoms with Crippen molar-refractivity contribution in [1.82, 2.24) is 19.9 Å². The Labute approximate surface area is 138 Å². The number of hydrogen-bond donors (Lipinski definition) is 1. The summed E-state index contributed by atoms with van der Waals surface area (Å²) in [5.41, 5.74) is 0.978. The van der Waals surface area contributed by atoms with E-state index in [1.165, 1.54) is 0 Å². The standard InChI is InChI=1S/C16H16N6O2/c17-10-12-3-5-13(6-4-12)19-15(23)16(24)22-8-1-2-14(22)11-21-9-7-18-20-21/h3-7,9,14H,1-2,8,11H2,(H,19,23)/t14-/m0/s1. The highest BCUT2D eigenvalue weighted by atomic mass is 16.2. The summed E-state index contributed by atoms with van der Waals surface area (Å²) < 4.78 is 1.66. The molecule has 1 aliphatic rings. The highest BCUT2D eigenvalue weighted by molar-refractivity contribution is 6.39. The molecule has 2 heterocycles. The summed E-state index contributed by atoms with van der Waals surface area (Å²) in [7, 11) is 0. The van der Waals surface area contributed by atoms with Gasteiger partial charge in [-0.2, -0.15) is 5.26 Å². The molecule has 1 aromatic carbocycles. The molecule has 8 heteroatoms. The van der Waals surface area contributed by atoms with Crippen molar-refractivity contribution < 1.29 is 9.59 Å². The Morgan fingerprint density at radius 2 is 2.12 bits per heavy atom. The topological polar surface area (TPSA) is 104 Å². The van der Waals surface area contributed by atoms with E-state index in [0.717, 1.165) is 12.8 Å². The van der Waals surface area contributed by atoms with Crippen LogP contribution in [0.4, 0.5) is 5.69 Å². The summed E-state index contributed by atoms with van der Waals surface area (Å²) in [5.74, 6) is -1.23. The predicted octanol–water partition coefficient (Wildman–Crippen LogP) is 0.779. The molecule has 2 amide bonds. The van der Waals surface area contributed by atoms with Gasteiger partial charge in [0.2, 0.25) is 0 Å². The molecule has 24 heavy (non-hydrogen) atoms. The van der Waals surface area contributed by atoms with Crippen LogP contribution in [0.15, 0.2) is 36.7 Å². The largest absolute Gasteiger partial charge is 0.330 e. The van der Waals surface area contributed by atoms with Gasteiger partial charge < -0.3 is 10.2 Å². The van der Waals surface area contributed by atoms with Crippen molar-refractivity contribution in [3.05, 3.63) is 42.2 Å². The van der Waals surface area contributed by atoms with Crippen LogP contribution < -0.4 is 5.32 Å². The number of aromatic nitrogens is 3. The number of benzene rings is 1. The number of carbonyl (C=O) groups is 2. The maximum absolute atomic E-state index is 12.4. The van der Waals surface area contributed by atoms with Crippen LogP contribution in [-0.4, -0.2) is 44.3 Å². The zero-order valence-corrected chi connectivity index (χ0v) is 12.9. The maximum Gasteiger partial charge on any atom is 0.313 e. The van der Waals surface area contributed by atoms with Crippen LogP contribution in [0.5, 0.6) is 0 Å². The number of nitriles is 1. The number of nitrogens with zero attached hydrogens (tertiary/aromatic N) is 5. The molecule has 0 spiro atoms. The Bertz CT molecular complexity index is 763. The molecule has 8 nitrogen and oxygen atoms in total. The third-order valence-corrected chi connectivity index (χ3v) is 3.97. The Kier molecular flexibility index (Phi) is 4.52. The highest BCUT2D eigenvalue weighted by Crippen LogP contribution is 2.19. The number of amides is 2. The molecular weight excluding hydrogens is 308 g/mol. The molecule has 1 aromatic heterocycles. The van der Waals surface area contributed by atoms with E-state index in [2.05, 4.69) is 15.6 Å². The molecule has 0 unspecified atom stereocenters. The van der Waals surface area contributed by atoms with Crippen molar-refractivity contribution in [3.63, 3.8) is 0 Å². The fourth-order valence-corrected chi connectivity index (χ4v) is 2.78. The Balaban J connectivity index is 1.63. The van der Waals surface area contributed by atoms with Crippen LogP contribution in [0.25, 0.3) is 0 Å². The van der Waals surface area contributed by atoms with Gasteiger partial charge in [0.15, 0.2) is 0 Å². The van der Waals surface area contributed by atoms with Gasteiger partial charge in [-0.3, -0.25) is 14.3 Å². The molecular formula is C16H16N6O2. The molecule has 122 valence electrons. The fraction of sp³-hybridized carbons (Fsp3) is 0.312. The third-order valence-electron chi connectivity index (χ3n) is 3.97. The van der Waals surface area contributed by atoms with E-state index in [0.29, 0.717) is 24.3 Å². The molecule has 0 radical (unpaired) electrons. The molecule has 0 saturated carbocycles. The van der Waals surface area contributed by atoms with Gasteiger partial charge in [0.05, 0.1) is 30.4 Å². The van der Waals surface area contributed by atoms with Crippen molar-refractivity contribution >= 4 is 17.5 Å². The number of likely N-dealkylation sites (tertiary alicyclic amines) is 1. The second kappa shape index (κ2) is 6.91. The number of hydrogen-bond acceptors (Lipinski definition) is 5. The van der Waals surface area contributed by atoms with Crippen molar-refractivity contribution in [2.75, 3.05) is 11.9 Å². The number of anilines is 1. The number of carbonyl (C=O) groups excluding carboxylic acids is 2. The summed E-state index contributed by atoms with van der Waals surface area (Å²) in [4.78, 5) is 26.2. The Morgan fingerprint density at radius 3 is 2.79 bits per heavy atom. The third kappa shape index (κ3) is 3.41. The van der Waals surface area contributed by atoms with Gasteiger partial charge in [-0.1, -0.05) is 5.21 Å². The van der Waals surface area contributed by atoms with Crippen LogP contribution in [0.3, 0.4) is 0 Å². The quantitative estimate of drug-likeness (QED) is 0.840. The molecule has 0 bridgehead atoms. The van der Waals surface area contributed by atoms with Gasteiger partial charge in [-0.15, -0.1) is 5.10 Å². The van der Waals surface area contributed by atoms with Crippen molar-refractivity contribution in [2.45, 2.75) is 25.4 Å². The van der Waals surface area contributed by atoms with Crippen LogP contribution in [0.1, 0.15) is 18.4 Å². The van der Waals surface area contributed by atoms with Crippen LogP contribution in [0, 0.1) is 11.3 Å². The van der Waals surface area contributed by atoms with Crippen LogP contribution in [-0.2, 0) is 16.1 Å². The second-order valence-electron chi connectivity index (χ2n) is 5.56. The van der Waals surface area contributed by atoms with Gasteiger partial charge in [-0.05, 0) is 37.1 Å². The molecule has 0 aliphatic carbocycles. The van der Waals surface area contributed by atoms with Gasteiger partial charge in [0.25, 0.3) is 0 Å². The molecule has 1 fully saturated rings. The highest BCUT2D eigenvalue weighted by Gasteiger charge is 2.32. The normalized spacial score (nSPS) is 16.6. The van der Waals surface area contributed by atoms with Gasteiger partial charge >= 0.3 is 11.8 Å². The molecule has 1 atom stereocenters. The Hall–Kier alpha value is -3.21. The first-order valence-corrected chi connectivity index (χ1v) is 7.63. The second-order valence-corrected chi connectivity index (χ2v) is 5.56. The zero-order chi connectivity index (χ0) is 16.9. The Morgan fingerprint density at radius 1 is 1.33 bits per heavy atom. The van der Waals surface area contributed by atoms with Gasteiger partial charge in [-0.25, -0.2) is 0 Å². The fourth-order valence-electron chi connectivity index (χ4n) is 2.78.